The maximum atomic E-state index is 5.63. The summed E-state index contributed by atoms with van der Waals surface area (Å²) in [5.74, 6) is 1.65. The molecule has 0 bridgehead atoms. The highest BCUT2D eigenvalue weighted by Crippen LogP contribution is 2.29. The van der Waals surface area contributed by atoms with Crippen LogP contribution in [0.2, 0.25) is 0 Å². The van der Waals surface area contributed by atoms with Crippen LogP contribution in [0.3, 0.4) is 0 Å². The minimum Gasteiger partial charge on any atom is -0.493 e. The van der Waals surface area contributed by atoms with Gasteiger partial charge in [-0.25, -0.2) is 0 Å². The summed E-state index contributed by atoms with van der Waals surface area (Å²) in [5.41, 5.74) is 0.959. The van der Waals surface area contributed by atoms with E-state index in [4.69, 9.17) is 17.0 Å². The van der Waals surface area contributed by atoms with Gasteiger partial charge in [-0.3, -0.25) is 9.67 Å². The summed E-state index contributed by atoms with van der Waals surface area (Å²) in [5, 5.41) is 7.16. The van der Waals surface area contributed by atoms with Crippen LogP contribution in [-0.2, 0) is 0 Å². The summed E-state index contributed by atoms with van der Waals surface area (Å²) in [7, 11) is 0. The van der Waals surface area contributed by atoms with E-state index in [2.05, 4.69) is 24.0 Å². The largest absolute Gasteiger partial charge is 0.493 e. The third kappa shape index (κ3) is 2.31. The monoisotopic (exact) mass is 263 g/mol. The Morgan fingerprint density at radius 2 is 2.11 bits per heavy atom. The van der Waals surface area contributed by atoms with Gasteiger partial charge in [0, 0.05) is 6.04 Å². The van der Waals surface area contributed by atoms with Crippen molar-refractivity contribution in [2.24, 2.45) is 0 Å². The molecular weight excluding hydrogens is 246 g/mol. The first-order chi connectivity index (χ1) is 8.65. The van der Waals surface area contributed by atoms with E-state index in [-0.39, 0.29) is 6.04 Å². The summed E-state index contributed by atoms with van der Waals surface area (Å²) in [6.45, 7) is 6.76. The molecule has 1 heterocycles. The Labute approximate surface area is 112 Å². The standard InChI is InChI=1S/C13H17N3OS/c1-4-17-11-8-6-5-7-10(11)12-14-15-13(18)16(12)9(2)3/h5-9H,4H2,1-3H3,(H,15,18). The van der Waals surface area contributed by atoms with Crippen molar-refractivity contribution in [1.29, 1.82) is 0 Å². The topological polar surface area (TPSA) is 42.8 Å². The van der Waals surface area contributed by atoms with Crippen molar-refractivity contribution >= 4 is 12.2 Å². The molecule has 0 unspecified atom stereocenters. The zero-order valence-corrected chi connectivity index (χ0v) is 11.6. The molecule has 4 nitrogen and oxygen atoms in total. The van der Waals surface area contributed by atoms with Crippen LogP contribution >= 0.6 is 12.2 Å². The van der Waals surface area contributed by atoms with Crippen molar-refractivity contribution in [3.05, 3.63) is 29.0 Å². The highest BCUT2D eigenvalue weighted by Gasteiger charge is 2.15. The molecule has 0 saturated heterocycles. The van der Waals surface area contributed by atoms with Crippen molar-refractivity contribution < 1.29 is 4.74 Å². The van der Waals surface area contributed by atoms with Gasteiger partial charge in [0.15, 0.2) is 10.6 Å². The molecule has 96 valence electrons. The van der Waals surface area contributed by atoms with Crippen LogP contribution in [0.25, 0.3) is 11.4 Å². The van der Waals surface area contributed by atoms with Gasteiger partial charge in [-0.2, -0.15) is 5.10 Å². The molecule has 0 amide bonds. The minimum absolute atomic E-state index is 0.251. The lowest BCUT2D eigenvalue weighted by Crippen LogP contribution is -2.04. The highest BCUT2D eigenvalue weighted by atomic mass is 32.1. The number of H-pyrrole nitrogens is 1. The normalized spacial score (nSPS) is 10.9. The van der Waals surface area contributed by atoms with Gasteiger partial charge in [0.25, 0.3) is 0 Å². The van der Waals surface area contributed by atoms with Crippen molar-refractivity contribution in [2.45, 2.75) is 26.8 Å². The smallest absolute Gasteiger partial charge is 0.195 e. The molecule has 18 heavy (non-hydrogen) atoms. The zero-order chi connectivity index (χ0) is 13.1. The quantitative estimate of drug-likeness (QED) is 0.857. The number of hydrogen-bond donors (Lipinski definition) is 1. The molecule has 1 N–H and O–H groups in total. The van der Waals surface area contributed by atoms with Gasteiger partial charge in [-0.1, -0.05) is 12.1 Å². The maximum absolute atomic E-state index is 5.63. The number of rotatable bonds is 4. The van der Waals surface area contributed by atoms with Crippen molar-refractivity contribution in [3.63, 3.8) is 0 Å². The third-order valence-corrected chi connectivity index (χ3v) is 2.94. The van der Waals surface area contributed by atoms with Crippen LogP contribution < -0.4 is 4.74 Å². The molecule has 5 heteroatoms. The molecule has 0 radical (unpaired) electrons. The SMILES string of the molecule is CCOc1ccccc1-c1n[nH]c(=S)n1C(C)C. The third-order valence-electron chi connectivity index (χ3n) is 2.65. The van der Waals surface area contributed by atoms with Crippen LogP contribution in [0.1, 0.15) is 26.8 Å². The molecule has 1 aromatic carbocycles. The van der Waals surface area contributed by atoms with Gasteiger partial charge in [-0.15, -0.1) is 0 Å². The zero-order valence-electron chi connectivity index (χ0n) is 10.8. The van der Waals surface area contributed by atoms with Crippen molar-refractivity contribution in [2.75, 3.05) is 6.61 Å². The Morgan fingerprint density at radius 1 is 1.39 bits per heavy atom. The summed E-state index contributed by atoms with van der Waals surface area (Å²) < 4.78 is 8.26. The second-order valence-corrected chi connectivity index (χ2v) is 4.63. The number of para-hydroxylation sites is 1. The van der Waals surface area contributed by atoms with E-state index in [0.717, 1.165) is 17.1 Å². The Balaban J connectivity index is 2.59. The molecule has 0 aliphatic rings. The molecule has 1 aromatic heterocycles. The van der Waals surface area contributed by atoms with Crippen LogP contribution in [0.15, 0.2) is 24.3 Å². The van der Waals surface area contributed by atoms with E-state index in [1.165, 1.54) is 0 Å². The van der Waals surface area contributed by atoms with Gasteiger partial charge in [0.2, 0.25) is 0 Å². The fourth-order valence-corrected chi connectivity index (χ4v) is 2.25. The van der Waals surface area contributed by atoms with Gasteiger partial charge >= 0.3 is 0 Å². The van der Waals surface area contributed by atoms with Crippen LogP contribution in [0.4, 0.5) is 0 Å². The average Bonchev–Trinajstić information content (AvgIpc) is 2.72. The van der Waals surface area contributed by atoms with Gasteiger partial charge in [0.1, 0.15) is 5.75 Å². The molecule has 0 aliphatic carbocycles. The van der Waals surface area contributed by atoms with E-state index in [1.54, 1.807) is 0 Å². The molecule has 0 aliphatic heterocycles. The first-order valence-corrected chi connectivity index (χ1v) is 6.45. The molecule has 0 spiro atoms. The van der Waals surface area contributed by atoms with E-state index in [1.807, 2.05) is 35.8 Å². The molecule has 0 saturated carbocycles. The van der Waals surface area contributed by atoms with Crippen molar-refractivity contribution in [3.8, 4) is 17.1 Å². The summed E-state index contributed by atoms with van der Waals surface area (Å²) in [6.07, 6.45) is 0. The number of nitrogens with one attached hydrogen (secondary N) is 1. The Hall–Kier alpha value is -1.62. The van der Waals surface area contributed by atoms with E-state index >= 15 is 0 Å². The average molecular weight is 263 g/mol. The molecular formula is C13H17N3OS. The molecule has 0 fully saturated rings. The number of aromatic amines is 1. The first kappa shape index (κ1) is 12.8. The minimum atomic E-state index is 0.251. The fraction of sp³-hybridized carbons (Fsp3) is 0.385. The predicted molar refractivity (Wildman–Crippen MR) is 74.4 cm³/mol. The molecule has 2 rings (SSSR count). The number of hydrogen-bond acceptors (Lipinski definition) is 3. The van der Waals surface area contributed by atoms with E-state index in [0.29, 0.717) is 11.4 Å². The second-order valence-electron chi connectivity index (χ2n) is 4.25. The first-order valence-electron chi connectivity index (χ1n) is 6.04. The number of aromatic nitrogens is 3. The molecule has 0 atom stereocenters. The van der Waals surface area contributed by atoms with Crippen LogP contribution in [0.5, 0.6) is 5.75 Å². The van der Waals surface area contributed by atoms with E-state index < -0.39 is 0 Å². The highest BCUT2D eigenvalue weighted by molar-refractivity contribution is 7.71. The Kier molecular flexibility index (Phi) is 3.81. The predicted octanol–water partition coefficient (Wildman–Crippen LogP) is 3.59. The summed E-state index contributed by atoms with van der Waals surface area (Å²) in [6, 6.07) is 8.12. The van der Waals surface area contributed by atoms with Crippen molar-refractivity contribution in [1.82, 2.24) is 14.8 Å². The Bertz CT molecular complexity index is 586. The summed E-state index contributed by atoms with van der Waals surface area (Å²) in [4.78, 5) is 0. The van der Waals surface area contributed by atoms with Crippen LogP contribution in [-0.4, -0.2) is 21.4 Å². The van der Waals surface area contributed by atoms with Gasteiger partial charge < -0.3 is 4.74 Å². The number of ether oxygens (including phenoxy) is 1. The summed E-state index contributed by atoms with van der Waals surface area (Å²) >= 11 is 5.26. The van der Waals surface area contributed by atoms with Crippen LogP contribution in [0, 0.1) is 4.77 Å². The lowest BCUT2D eigenvalue weighted by molar-refractivity contribution is 0.341. The lowest BCUT2D eigenvalue weighted by Gasteiger charge is -2.13. The molecule has 2 aromatic rings. The Morgan fingerprint density at radius 3 is 2.78 bits per heavy atom. The lowest BCUT2D eigenvalue weighted by atomic mass is 10.2. The van der Waals surface area contributed by atoms with Gasteiger partial charge in [-0.05, 0) is 45.1 Å². The second kappa shape index (κ2) is 5.35. The number of benzene rings is 1. The fourth-order valence-electron chi connectivity index (χ4n) is 1.91. The van der Waals surface area contributed by atoms with Gasteiger partial charge in [0.05, 0.1) is 12.2 Å². The van der Waals surface area contributed by atoms with E-state index in [9.17, 15) is 0 Å². The number of nitrogens with zero attached hydrogens (tertiary/aromatic N) is 2. The maximum Gasteiger partial charge on any atom is 0.195 e.